The van der Waals surface area contributed by atoms with Gasteiger partial charge in [0.2, 0.25) is 11.8 Å². The number of amides is 2. The maximum absolute atomic E-state index is 12.6. The van der Waals surface area contributed by atoms with Crippen molar-refractivity contribution in [2.75, 3.05) is 18.6 Å². The lowest BCUT2D eigenvalue weighted by Crippen LogP contribution is -2.32. The van der Waals surface area contributed by atoms with Gasteiger partial charge in [-0.2, -0.15) is 0 Å². The second kappa shape index (κ2) is 10.4. The van der Waals surface area contributed by atoms with Crippen LogP contribution in [0.5, 0.6) is 11.5 Å². The van der Waals surface area contributed by atoms with Gasteiger partial charge in [0.05, 0.1) is 13.0 Å². The molecular formula is C26H25ClN2O4. The molecule has 7 heteroatoms. The van der Waals surface area contributed by atoms with E-state index in [0.717, 1.165) is 22.6 Å². The van der Waals surface area contributed by atoms with Crippen molar-refractivity contribution in [3.8, 4) is 11.5 Å². The number of benzene rings is 3. The molecular weight excluding hydrogens is 440 g/mol. The smallest absolute Gasteiger partial charge is 0.227 e. The standard InChI is InChI=1S/C26H25ClN2O4/c1-32-23-10-4-18(5-11-23)15-28-26(31)20-14-25(30)29(16-20)22-8-12-24(13-9-22)33-17-19-2-6-21(27)7-3-19/h2-13,20H,14-17H2,1H3,(H,28,31)/t20-/m1/s1. The van der Waals surface area contributed by atoms with Crippen LogP contribution in [0.1, 0.15) is 17.5 Å². The number of hydrogen-bond donors (Lipinski definition) is 1. The highest BCUT2D eigenvalue weighted by atomic mass is 35.5. The van der Waals surface area contributed by atoms with E-state index in [0.29, 0.717) is 30.5 Å². The van der Waals surface area contributed by atoms with Crippen LogP contribution < -0.4 is 19.7 Å². The zero-order valence-corrected chi connectivity index (χ0v) is 19.0. The molecule has 1 atom stereocenters. The maximum Gasteiger partial charge on any atom is 0.227 e. The highest BCUT2D eigenvalue weighted by Crippen LogP contribution is 2.27. The van der Waals surface area contributed by atoms with Crippen LogP contribution in [0, 0.1) is 5.92 Å². The lowest BCUT2D eigenvalue weighted by atomic mass is 10.1. The Morgan fingerprint density at radius 2 is 1.61 bits per heavy atom. The molecule has 3 aromatic carbocycles. The Morgan fingerprint density at radius 3 is 2.27 bits per heavy atom. The highest BCUT2D eigenvalue weighted by Gasteiger charge is 2.35. The topological polar surface area (TPSA) is 67.9 Å². The Morgan fingerprint density at radius 1 is 0.970 bits per heavy atom. The van der Waals surface area contributed by atoms with Crippen molar-refractivity contribution < 1.29 is 19.1 Å². The van der Waals surface area contributed by atoms with E-state index in [1.165, 1.54) is 0 Å². The van der Waals surface area contributed by atoms with Gasteiger partial charge in [0.1, 0.15) is 18.1 Å². The molecule has 1 N–H and O–H groups in total. The minimum Gasteiger partial charge on any atom is -0.497 e. The molecule has 4 rings (SSSR count). The number of methoxy groups -OCH3 is 1. The summed E-state index contributed by atoms with van der Waals surface area (Å²) in [5.41, 5.74) is 2.74. The SMILES string of the molecule is COc1ccc(CNC(=O)[C@@H]2CC(=O)N(c3ccc(OCc4ccc(Cl)cc4)cc3)C2)cc1. The first kappa shape index (κ1) is 22.7. The molecule has 1 heterocycles. The molecule has 6 nitrogen and oxygen atoms in total. The lowest BCUT2D eigenvalue weighted by molar-refractivity contribution is -0.126. The van der Waals surface area contributed by atoms with Gasteiger partial charge in [0, 0.05) is 30.2 Å². The maximum atomic E-state index is 12.6. The number of nitrogens with one attached hydrogen (secondary N) is 1. The van der Waals surface area contributed by atoms with E-state index in [-0.39, 0.29) is 24.2 Å². The molecule has 0 aliphatic carbocycles. The molecule has 3 aromatic rings. The molecule has 0 spiro atoms. The second-order valence-electron chi connectivity index (χ2n) is 7.88. The first-order valence-electron chi connectivity index (χ1n) is 10.7. The summed E-state index contributed by atoms with van der Waals surface area (Å²) in [5, 5.41) is 3.62. The van der Waals surface area contributed by atoms with E-state index < -0.39 is 0 Å². The van der Waals surface area contributed by atoms with Crippen LogP contribution in [-0.4, -0.2) is 25.5 Å². The van der Waals surface area contributed by atoms with Crippen LogP contribution in [0.25, 0.3) is 0 Å². The van der Waals surface area contributed by atoms with Gasteiger partial charge >= 0.3 is 0 Å². The average molecular weight is 465 g/mol. The molecule has 1 fully saturated rings. The van der Waals surface area contributed by atoms with Crippen molar-refractivity contribution in [2.24, 2.45) is 5.92 Å². The summed E-state index contributed by atoms with van der Waals surface area (Å²) in [6.07, 6.45) is 0.198. The van der Waals surface area contributed by atoms with Crippen molar-refractivity contribution in [3.05, 3.63) is 88.9 Å². The first-order valence-corrected chi connectivity index (χ1v) is 11.1. The summed E-state index contributed by atoms with van der Waals surface area (Å²) >= 11 is 5.90. The Balaban J connectivity index is 1.29. The van der Waals surface area contributed by atoms with Crippen molar-refractivity contribution in [2.45, 2.75) is 19.6 Å². The molecule has 33 heavy (non-hydrogen) atoms. The van der Waals surface area contributed by atoms with Gasteiger partial charge in [-0.15, -0.1) is 0 Å². The number of halogens is 1. The van der Waals surface area contributed by atoms with Crippen molar-refractivity contribution >= 4 is 29.1 Å². The number of anilines is 1. The predicted octanol–water partition coefficient (Wildman–Crippen LogP) is 4.60. The summed E-state index contributed by atoms with van der Waals surface area (Å²) in [5.74, 6) is 0.910. The van der Waals surface area contributed by atoms with Crippen molar-refractivity contribution in [3.63, 3.8) is 0 Å². The van der Waals surface area contributed by atoms with Gasteiger partial charge in [-0.1, -0.05) is 35.9 Å². The summed E-state index contributed by atoms with van der Waals surface area (Å²) in [6, 6.07) is 22.3. The van der Waals surface area contributed by atoms with E-state index >= 15 is 0 Å². The van der Waals surface area contributed by atoms with Crippen molar-refractivity contribution in [1.29, 1.82) is 0 Å². The summed E-state index contributed by atoms with van der Waals surface area (Å²) in [7, 11) is 1.61. The third kappa shape index (κ3) is 5.84. The number of ether oxygens (including phenoxy) is 2. The number of nitrogens with zero attached hydrogens (tertiary/aromatic N) is 1. The Hall–Kier alpha value is -3.51. The van der Waals surface area contributed by atoms with Gasteiger partial charge in [0.25, 0.3) is 0 Å². The van der Waals surface area contributed by atoms with Gasteiger partial charge in [0.15, 0.2) is 0 Å². The van der Waals surface area contributed by atoms with Crippen molar-refractivity contribution in [1.82, 2.24) is 5.32 Å². The molecule has 1 aliphatic rings. The summed E-state index contributed by atoms with van der Waals surface area (Å²) in [4.78, 5) is 26.8. The Kier molecular flexibility index (Phi) is 7.15. The summed E-state index contributed by atoms with van der Waals surface area (Å²) < 4.78 is 10.9. The van der Waals surface area contributed by atoms with Crippen LogP contribution in [0.4, 0.5) is 5.69 Å². The minimum atomic E-state index is -0.378. The van der Waals surface area contributed by atoms with Gasteiger partial charge < -0.3 is 19.7 Å². The monoisotopic (exact) mass is 464 g/mol. The molecule has 0 aromatic heterocycles. The molecule has 0 radical (unpaired) electrons. The fourth-order valence-corrected chi connectivity index (χ4v) is 3.81. The normalized spacial score (nSPS) is 15.4. The molecule has 0 unspecified atom stereocenters. The molecule has 1 aliphatic heterocycles. The van der Waals surface area contributed by atoms with E-state index in [2.05, 4.69) is 5.32 Å². The number of carbonyl (C=O) groups is 2. The van der Waals surface area contributed by atoms with E-state index in [1.807, 2.05) is 72.8 Å². The number of carbonyl (C=O) groups excluding carboxylic acids is 2. The third-order valence-electron chi connectivity index (χ3n) is 5.59. The second-order valence-corrected chi connectivity index (χ2v) is 8.32. The van der Waals surface area contributed by atoms with Crippen LogP contribution in [0.3, 0.4) is 0 Å². The zero-order chi connectivity index (χ0) is 23.2. The lowest BCUT2D eigenvalue weighted by Gasteiger charge is -2.17. The predicted molar refractivity (Wildman–Crippen MR) is 128 cm³/mol. The fourth-order valence-electron chi connectivity index (χ4n) is 3.68. The van der Waals surface area contributed by atoms with Crippen LogP contribution in [0.15, 0.2) is 72.8 Å². The molecule has 0 saturated carbocycles. The minimum absolute atomic E-state index is 0.0607. The van der Waals surface area contributed by atoms with Gasteiger partial charge in [-0.25, -0.2) is 0 Å². The molecule has 1 saturated heterocycles. The number of rotatable bonds is 8. The average Bonchev–Trinajstić information content (AvgIpc) is 3.24. The third-order valence-corrected chi connectivity index (χ3v) is 5.84. The number of hydrogen-bond acceptors (Lipinski definition) is 4. The fraction of sp³-hybridized carbons (Fsp3) is 0.231. The van der Waals surface area contributed by atoms with Crippen LogP contribution >= 0.6 is 11.6 Å². The molecule has 2 amide bonds. The van der Waals surface area contributed by atoms with E-state index in [4.69, 9.17) is 21.1 Å². The Bertz CT molecular complexity index is 1100. The first-order chi connectivity index (χ1) is 16.0. The van der Waals surface area contributed by atoms with E-state index in [1.54, 1.807) is 12.0 Å². The van der Waals surface area contributed by atoms with Gasteiger partial charge in [-0.05, 0) is 59.7 Å². The quantitative estimate of drug-likeness (QED) is 0.529. The van der Waals surface area contributed by atoms with Crippen LogP contribution in [-0.2, 0) is 22.7 Å². The largest absolute Gasteiger partial charge is 0.497 e. The zero-order valence-electron chi connectivity index (χ0n) is 18.3. The van der Waals surface area contributed by atoms with Gasteiger partial charge in [-0.3, -0.25) is 9.59 Å². The molecule has 170 valence electrons. The molecule has 0 bridgehead atoms. The van der Waals surface area contributed by atoms with Crippen LogP contribution in [0.2, 0.25) is 5.02 Å². The Labute approximate surface area is 198 Å². The summed E-state index contributed by atoms with van der Waals surface area (Å²) in [6.45, 7) is 1.20. The highest BCUT2D eigenvalue weighted by molar-refractivity contribution is 6.30. The van der Waals surface area contributed by atoms with E-state index in [9.17, 15) is 9.59 Å².